The number of aryl methyl sites for hydroxylation is 1. The zero-order chi connectivity index (χ0) is 13.1. The second-order valence-corrected chi connectivity index (χ2v) is 4.61. The summed E-state index contributed by atoms with van der Waals surface area (Å²) in [4.78, 5) is 22.5. The molecule has 1 aromatic carbocycles. The predicted octanol–water partition coefficient (Wildman–Crippen LogP) is 2.58. The maximum atomic E-state index is 11.7. The summed E-state index contributed by atoms with van der Waals surface area (Å²) in [6.45, 7) is 1.72. The molecule has 0 radical (unpaired) electrons. The maximum absolute atomic E-state index is 11.7. The fourth-order valence-corrected chi connectivity index (χ4v) is 2.32. The summed E-state index contributed by atoms with van der Waals surface area (Å²) in [5, 5.41) is 8.84. The topological polar surface area (TPSA) is 63.6 Å². The van der Waals surface area contributed by atoms with Gasteiger partial charge in [-0.15, -0.1) is 0 Å². The predicted molar refractivity (Wildman–Crippen MR) is 66.0 cm³/mol. The van der Waals surface area contributed by atoms with Gasteiger partial charge in [-0.3, -0.25) is 4.79 Å². The van der Waals surface area contributed by atoms with Crippen LogP contribution in [0, 0.1) is 6.92 Å². The number of hydrogen-bond acceptors (Lipinski definition) is 3. The molecule has 0 atom stereocenters. The summed E-state index contributed by atoms with van der Waals surface area (Å²) in [5.74, 6) is -1.95. The lowest BCUT2D eigenvalue weighted by Gasteiger charge is -2.16. The van der Waals surface area contributed by atoms with Crippen molar-refractivity contribution in [3.8, 4) is 5.75 Å². The molecule has 0 spiro atoms. The fourth-order valence-electron chi connectivity index (χ4n) is 2.32. The highest BCUT2D eigenvalue weighted by Crippen LogP contribution is 2.28. The van der Waals surface area contributed by atoms with Gasteiger partial charge >= 0.3 is 5.97 Å². The highest BCUT2D eigenvalue weighted by atomic mass is 16.5. The molecule has 1 N–H and O–H groups in total. The molecular formula is C14H16O4. The van der Waals surface area contributed by atoms with Crippen LogP contribution in [0.5, 0.6) is 5.75 Å². The first kappa shape index (κ1) is 12.6. The molecule has 4 nitrogen and oxygen atoms in total. The molecule has 1 aromatic rings. The van der Waals surface area contributed by atoms with Crippen molar-refractivity contribution in [1.82, 2.24) is 0 Å². The van der Waals surface area contributed by atoms with Crippen LogP contribution in [-0.2, 0) is 4.79 Å². The van der Waals surface area contributed by atoms with E-state index in [4.69, 9.17) is 9.84 Å². The van der Waals surface area contributed by atoms with Crippen LogP contribution in [0.1, 0.15) is 41.6 Å². The van der Waals surface area contributed by atoms with Gasteiger partial charge in [0.15, 0.2) is 0 Å². The summed E-state index contributed by atoms with van der Waals surface area (Å²) >= 11 is 0. The molecule has 1 fully saturated rings. The third-order valence-corrected chi connectivity index (χ3v) is 3.25. The van der Waals surface area contributed by atoms with E-state index in [1.165, 1.54) is 0 Å². The molecule has 0 aliphatic heterocycles. The average molecular weight is 248 g/mol. The van der Waals surface area contributed by atoms with Crippen molar-refractivity contribution in [1.29, 1.82) is 0 Å². The Morgan fingerprint density at radius 1 is 1.28 bits per heavy atom. The number of carboxylic acids is 1. The van der Waals surface area contributed by atoms with Crippen LogP contribution < -0.4 is 4.74 Å². The molecule has 0 heterocycles. The molecule has 0 aromatic heterocycles. The van der Waals surface area contributed by atoms with Crippen LogP contribution in [0.2, 0.25) is 0 Å². The summed E-state index contributed by atoms with van der Waals surface area (Å²) in [7, 11) is 0. The number of ketones is 1. The molecule has 96 valence electrons. The van der Waals surface area contributed by atoms with Crippen molar-refractivity contribution in [2.24, 2.45) is 0 Å². The van der Waals surface area contributed by atoms with E-state index in [9.17, 15) is 9.59 Å². The molecule has 0 bridgehead atoms. The third kappa shape index (κ3) is 2.53. The van der Waals surface area contributed by atoms with Gasteiger partial charge < -0.3 is 9.84 Å². The third-order valence-electron chi connectivity index (χ3n) is 3.25. The van der Waals surface area contributed by atoms with Gasteiger partial charge in [0, 0.05) is 0 Å². The number of carboxylic acid groups (broad SMARTS) is 1. The molecule has 0 saturated heterocycles. The van der Waals surface area contributed by atoms with Crippen molar-refractivity contribution < 1.29 is 19.4 Å². The molecule has 4 heteroatoms. The van der Waals surface area contributed by atoms with Crippen molar-refractivity contribution >= 4 is 11.8 Å². The largest absolute Gasteiger partial charge is 0.490 e. The van der Waals surface area contributed by atoms with Crippen molar-refractivity contribution in [2.75, 3.05) is 0 Å². The first-order chi connectivity index (χ1) is 8.59. The summed E-state index contributed by atoms with van der Waals surface area (Å²) in [6, 6.07) is 5.16. The molecule has 1 saturated carbocycles. The minimum atomic E-state index is -1.44. The van der Waals surface area contributed by atoms with Crippen LogP contribution in [-0.4, -0.2) is 23.0 Å². The SMILES string of the molecule is Cc1cccc(OC2CCCC2)c1C(=O)C(=O)O. The number of ether oxygens (including phenoxy) is 1. The highest BCUT2D eigenvalue weighted by molar-refractivity contribution is 6.40. The molecule has 1 aliphatic rings. The maximum Gasteiger partial charge on any atom is 0.377 e. The van der Waals surface area contributed by atoms with Crippen molar-refractivity contribution in [2.45, 2.75) is 38.7 Å². The Labute approximate surface area is 106 Å². The Morgan fingerprint density at radius 3 is 2.56 bits per heavy atom. The van der Waals surface area contributed by atoms with E-state index in [-0.39, 0.29) is 11.7 Å². The van der Waals surface area contributed by atoms with Gasteiger partial charge in [0.2, 0.25) is 0 Å². The number of rotatable bonds is 4. The van der Waals surface area contributed by atoms with E-state index < -0.39 is 11.8 Å². The van der Waals surface area contributed by atoms with Crippen molar-refractivity contribution in [3.63, 3.8) is 0 Å². The smallest absolute Gasteiger partial charge is 0.377 e. The number of Topliss-reactive ketones (excluding diaryl/α,β-unsaturated/α-hetero) is 1. The summed E-state index contributed by atoms with van der Waals surface area (Å²) < 4.78 is 5.77. The van der Waals surface area contributed by atoms with Crippen LogP contribution in [0.15, 0.2) is 18.2 Å². The zero-order valence-electron chi connectivity index (χ0n) is 10.3. The molecule has 2 rings (SSSR count). The standard InChI is InChI=1S/C14H16O4/c1-9-5-4-8-11(12(9)13(15)14(16)17)18-10-6-2-3-7-10/h4-5,8,10H,2-3,6-7H2,1H3,(H,16,17). The number of carbonyl (C=O) groups excluding carboxylic acids is 1. The van der Waals surface area contributed by atoms with Crippen LogP contribution >= 0.6 is 0 Å². The second-order valence-electron chi connectivity index (χ2n) is 4.61. The molecule has 0 amide bonds. The van der Waals surface area contributed by atoms with E-state index in [2.05, 4.69) is 0 Å². The zero-order valence-corrected chi connectivity index (χ0v) is 10.3. The number of carbonyl (C=O) groups is 2. The second kappa shape index (κ2) is 5.21. The number of aliphatic carboxylic acids is 1. The van der Waals surface area contributed by atoms with Gasteiger partial charge in [0.1, 0.15) is 5.75 Å². The Balaban J connectivity index is 2.31. The summed E-state index contributed by atoms with van der Waals surface area (Å²) in [6.07, 6.45) is 4.29. The van der Waals surface area contributed by atoms with E-state index in [1.807, 2.05) is 0 Å². The average Bonchev–Trinajstić information content (AvgIpc) is 2.81. The lowest BCUT2D eigenvalue weighted by molar-refractivity contribution is -0.131. The Kier molecular flexibility index (Phi) is 3.65. The first-order valence-electron chi connectivity index (χ1n) is 6.13. The highest BCUT2D eigenvalue weighted by Gasteiger charge is 2.24. The van der Waals surface area contributed by atoms with E-state index in [1.54, 1.807) is 25.1 Å². The van der Waals surface area contributed by atoms with Crippen molar-refractivity contribution in [3.05, 3.63) is 29.3 Å². The van der Waals surface area contributed by atoms with E-state index in [0.717, 1.165) is 25.7 Å². The molecule has 1 aliphatic carbocycles. The van der Waals surface area contributed by atoms with Gasteiger partial charge in [0.25, 0.3) is 5.78 Å². The Hall–Kier alpha value is -1.84. The lowest BCUT2D eigenvalue weighted by atomic mass is 10.0. The number of hydrogen-bond donors (Lipinski definition) is 1. The minimum absolute atomic E-state index is 0.104. The molecule has 18 heavy (non-hydrogen) atoms. The first-order valence-corrected chi connectivity index (χ1v) is 6.13. The monoisotopic (exact) mass is 248 g/mol. The minimum Gasteiger partial charge on any atom is -0.490 e. The fraction of sp³-hybridized carbons (Fsp3) is 0.429. The Bertz CT molecular complexity index is 473. The van der Waals surface area contributed by atoms with Gasteiger partial charge in [-0.1, -0.05) is 12.1 Å². The molecular weight excluding hydrogens is 232 g/mol. The van der Waals surface area contributed by atoms with Crippen LogP contribution in [0.3, 0.4) is 0 Å². The quantitative estimate of drug-likeness (QED) is 0.657. The van der Waals surface area contributed by atoms with Gasteiger partial charge in [-0.2, -0.15) is 0 Å². The summed E-state index contributed by atoms with van der Waals surface area (Å²) in [5.41, 5.74) is 0.815. The Morgan fingerprint density at radius 2 is 1.94 bits per heavy atom. The molecule has 0 unspecified atom stereocenters. The van der Waals surface area contributed by atoms with E-state index in [0.29, 0.717) is 11.3 Å². The van der Waals surface area contributed by atoms with Crippen LogP contribution in [0.25, 0.3) is 0 Å². The van der Waals surface area contributed by atoms with Crippen LogP contribution in [0.4, 0.5) is 0 Å². The normalized spacial score (nSPS) is 15.6. The van der Waals surface area contributed by atoms with Gasteiger partial charge in [-0.05, 0) is 44.2 Å². The van der Waals surface area contributed by atoms with Gasteiger partial charge in [0.05, 0.1) is 11.7 Å². The number of benzene rings is 1. The van der Waals surface area contributed by atoms with Gasteiger partial charge in [-0.25, -0.2) is 4.79 Å². The van der Waals surface area contributed by atoms with E-state index >= 15 is 0 Å². The lowest BCUT2D eigenvalue weighted by Crippen LogP contribution is -2.18.